The molecule has 1 saturated heterocycles. The molecule has 2 aliphatic heterocycles. The van der Waals surface area contributed by atoms with Crippen LogP contribution in [0.25, 0.3) is 11.6 Å². The molecule has 1 atom stereocenters. The minimum absolute atomic E-state index is 0.0632. The number of nitrogens with one attached hydrogen (secondary N) is 3. The largest absolute Gasteiger partial charge is 0.398 e. The highest BCUT2D eigenvalue weighted by molar-refractivity contribution is 6.38. The van der Waals surface area contributed by atoms with Crippen LogP contribution in [0.3, 0.4) is 0 Å². The molecule has 0 radical (unpaired) electrons. The van der Waals surface area contributed by atoms with Crippen molar-refractivity contribution >= 4 is 52.5 Å². The molecule has 1 aromatic carbocycles. The number of hydrogen-bond donors (Lipinski definition) is 4. The summed E-state index contributed by atoms with van der Waals surface area (Å²) >= 11 is 6.07. The number of carbonyl (C=O) groups excluding carboxylic acids is 3. The Kier molecular flexibility index (Phi) is 5.84. The van der Waals surface area contributed by atoms with Crippen molar-refractivity contribution in [1.29, 1.82) is 0 Å². The maximum absolute atomic E-state index is 13.1. The summed E-state index contributed by atoms with van der Waals surface area (Å²) in [5.41, 5.74) is 10.7. The van der Waals surface area contributed by atoms with Gasteiger partial charge in [-0.15, -0.1) is 0 Å². The molecule has 1 fully saturated rings. The number of nitrogens with zero attached hydrogens (tertiary/aromatic N) is 2. The highest BCUT2D eigenvalue weighted by Gasteiger charge is 2.30. The van der Waals surface area contributed by atoms with Gasteiger partial charge in [-0.1, -0.05) is 11.6 Å². The van der Waals surface area contributed by atoms with Gasteiger partial charge >= 0.3 is 6.03 Å². The number of carbonyl (C=O) groups is 3. The van der Waals surface area contributed by atoms with Gasteiger partial charge in [0.25, 0.3) is 11.8 Å². The lowest BCUT2D eigenvalue weighted by atomic mass is 10.0. The first kappa shape index (κ1) is 22.7. The van der Waals surface area contributed by atoms with Crippen LogP contribution in [0.15, 0.2) is 12.1 Å². The monoisotopic (exact) mass is 470 g/mol. The average Bonchev–Trinajstić information content (AvgIpc) is 3.39. The number of likely N-dealkylation sites (tertiary alicyclic amines) is 1. The Morgan fingerprint density at radius 3 is 2.73 bits per heavy atom. The van der Waals surface area contributed by atoms with E-state index in [2.05, 4.69) is 15.6 Å². The molecule has 33 heavy (non-hydrogen) atoms. The second-order valence-electron chi connectivity index (χ2n) is 8.68. The average molecular weight is 471 g/mol. The van der Waals surface area contributed by atoms with Crippen LogP contribution in [0, 0.1) is 13.8 Å². The molecule has 0 saturated carbocycles. The van der Waals surface area contributed by atoms with E-state index in [0.717, 1.165) is 5.56 Å². The van der Waals surface area contributed by atoms with Crippen LogP contribution in [0.1, 0.15) is 39.3 Å². The summed E-state index contributed by atoms with van der Waals surface area (Å²) in [6.07, 6.45) is 2.42. The number of fused-ring (bicyclic) bond motifs is 1. The van der Waals surface area contributed by atoms with Crippen LogP contribution in [-0.2, 0) is 4.79 Å². The second kappa shape index (κ2) is 8.47. The van der Waals surface area contributed by atoms with E-state index in [1.54, 1.807) is 37.2 Å². The van der Waals surface area contributed by atoms with Crippen LogP contribution >= 0.6 is 11.6 Å². The van der Waals surface area contributed by atoms with E-state index < -0.39 is 0 Å². The van der Waals surface area contributed by atoms with E-state index in [9.17, 15) is 14.4 Å². The highest BCUT2D eigenvalue weighted by atomic mass is 35.5. The summed E-state index contributed by atoms with van der Waals surface area (Å²) in [5.74, 6) is -0.469. The maximum Gasteiger partial charge on any atom is 0.319 e. The molecular formula is C23H27ClN6O3. The van der Waals surface area contributed by atoms with Crippen molar-refractivity contribution in [3.8, 4) is 0 Å². The van der Waals surface area contributed by atoms with Crippen LogP contribution in [-0.4, -0.2) is 65.9 Å². The quantitative estimate of drug-likeness (QED) is 0.406. The summed E-state index contributed by atoms with van der Waals surface area (Å²) in [7, 11) is 3.42. The Hall–Kier alpha value is -3.46. The lowest BCUT2D eigenvalue weighted by Crippen LogP contribution is -2.41. The van der Waals surface area contributed by atoms with E-state index in [4.69, 9.17) is 17.3 Å². The zero-order valence-electron chi connectivity index (χ0n) is 19.0. The summed E-state index contributed by atoms with van der Waals surface area (Å²) in [4.78, 5) is 44.3. The topological polar surface area (TPSA) is 124 Å². The van der Waals surface area contributed by atoms with Crippen LogP contribution in [0.2, 0.25) is 5.02 Å². The smallest absolute Gasteiger partial charge is 0.319 e. The molecule has 1 unspecified atom stereocenters. The fourth-order valence-corrected chi connectivity index (χ4v) is 4.53. The van der Waals surface area contributed by atoms with Crippen LogP contribution < -0.4 is 16.4 Å². The molecule has 9 nitrogen and oxygen atoms in total. The van der Waals surface area contributed by atoms with Crippen molar-refractivity contribution in [2.24, 2.45) is 0 Å². The van der Waals surface area contributed by atoms with E-state index >= 15 is 0 Å². The summed E-state index contributed by atoms with van der Waals surface area (Å²) < 4.78 is 0. The van der Waals surface area contributed by atoms with Gasteiger partial charge in [-0.3, -0.25) is 9.59 Å². The standard InChI is InChI=1S/C23H27ClN6O3/c1-11-18(8-15-14-7-17(25)16(24)9-19(14)28-21(15)31)26-12(2)20(11)22(32)27-13-5-6-30(10-13)23(33)29(3)4/h7-9,13,26H,5-6,10,25H2,1-4H3,(H,27,32)(H,28,31)/b15-8-. The molecule has 0 bridgehead atoms. The molecule has 0 spiro atoms. The first-order chi connectivity index (χ1) is 15.6. The van der Waals surface area contributed by atoms with Crippen molar-refractivity contribution in [2.75, 3.05) is 38.2 Å². The Morgan fingerprint density at radius 2 is 2.03 bits per heavy atom. The normalized spacial score (nSPS) is 18.5. The number of amides is 4. The minimum atomic E-state index is -0.263. The molecule has 5 N–H and O–H groups in total. The third-order valence-electron chi connectivity index (χ3n) is 6.09. The number of H-pyrrole nitrogens is 1. The summed E-state index contributed by atoms with van der Waals surface area (Å²) in [6.45, 7) is 4.74. The number of halogens is 1. The Bertz CT molecular complexity index is 1200. The van der Waals surface area contributed by atoms with Crippen LogP contribution in [0.4, 0.5) is 16.2 Å². The number of aryl methyl sites for hydroxylation is 1. The van der Waals surface area contributed by atoms with E-state index in [0.29, 0.717) is 64.0 Å². The van der Waals surface area contributed by atoms with Gasteiger partial charge in [-0.05, 0) is 44.0 Å². The predicted octanol–water partition coefficient (Wildman–Crippen LogP) is 2.85. The van der Waals surface area contributed by atoms with Gasteiger partial charge in [0.15, 0.2) is 0 Å². The number of urea groups is 1. The Balaban J connectivity index is 1.56. The Labute approximate surface area is 196 Å². The minimum Gasteiger partial charge on any atom is -0.398 e. The lowest BCUT2D eigenvalue weighted by Gasteiger charge is -2.21. The van der Waals surface area contributed by atoms with Gasteiger partial charge in [0.05, 0.1) is 27.5 Å². The van der Waals surface area contributed by atoms with Crippen LogP contribution in [0.5, 0.6) is 0 Å². The van der Waals surface area contributed by atoms with Crippen molar-refractivity contribution < 1.29 is 14.4 Å². The molecule has 4 rings (SSSR count). The SMILES string of the molecule is Cc1[nH]c(/C=C2\C(=O)Nc3cc(Cl)c(N)cc32)c(C)c1C(=O)NC1CCN(C(=O)N(C)C)C1. The number of aromatic amines is 1. The number of nitrogens with two attached hydrogens (primary N) is 1. The number of rotatable bonds is 3. The first-order valence-corrected chi connectivity index (χ1v) is 11.0. The molecule has 0 aliphatic carbocycles. The van der Waals surface area contributed by atoms with Gasteiger partial charge in [0.2, 0.25) is 0 Å². The number of benzene rings is 1. The molecule has 1 aromatic heterocycles. The number of hydrogen-bond acceptors (Lipinski definition) is 4. The number of aromatic nitrogens is 1. The summed E-state index contributed by atoms with van der Waals surface area (Å²) in [6, 6.07) is 3.12. The Morgan fingerprint density at radius 1 is 1.30 bits per heavy atom. The highest BCUT2D eigenvalue weighted by Crippen LogP contribution is 2.38. The van der Waals surface area contributed by atoms with Gasteiger partial charge in [0, 0.05) is 50.2 Å². The van der Waals surface area contributed by atoms with Gasteiger partial charge < -0.3 is 31.2 Å². The lowest BCUT2D eigenvalue weighted by molar-refractivity contribution is -0.110. The number of anilines is 2. The van der Waals surface area contributed by atoms with Gasteiger partial charge in [0.1, 0.15) is 0 Å². The third kappa shape index (κ3) is 4.16. The second-order valence-corrected chi connectivity index (χ2v) is 9.08. The first-order valence-electron chi connectivity index (χ1n) is 10.7. The van der Waals surface area contributed by atoms with Crippen molar-refractivity contribution in [3.05, 3.63) is 45.2 Å². The zero-order chi connectivity index (χ0) is 24.0. The number of nitrogen functional groups attached to an aromatic ring is 1. The predicted molar refractivity (Wildman–Crippen MR) is 129 cm³/mol. The third-order valence-corrected chi connectivity index (χ3v) is 6.42. The van der Waals surface area contributed by atoms with Crippen molar-refractivity contribution in [2.45, 2.75) is 26.3 Å². The van der Waals surface area contributed by atoms with E-state index in [1.807, 2.05) is 13.8 Å². The maximum atomic E-state index is 13.1. The molecule has 10 heteroatoms. The van der Waals surface area contributed by atoms with E-state index in [1.165, 1.54) is 4.90 Å². The molecule has 4 amide bonds. The van der Waals surface area contributed by atoms with Crippen molar-refractivity contribution in [1.82, 2.24) is 20.1 Å². The molecule has 174 valence electrons. The van der Waals surface area contributed by atoms with Gasteiger partial charge in [-0.2, -0.15) is 0 Å². The molecule has 2 aliphatic rings. The molecule has 3 heterocycles. The molecular weight excluding hydrogens is 444 g/mol. The fourth-order valence-electron chi connectivity index (χ4n) is 4.37. The van der Waals surface area contributed by atoms with Gasteiger partial charge in [-0.25, -0.2) is 4.79 Å². The van der Waals surface area contributed by atoms with Crippen molar-refractivity contribution in [3.63, 3.8) is 0 Å². The summed E-state index contributed by atoms with van der Waals surface area (Å²) in [5, 5.41) is 6.21. The molecule has 2 aromatic rings. The zero-order valence-corrected chi connectivity index (χ0v) is 19.8. The fraction of sp³-hybridized carbons (Fsp3) is 0.348. The van der Waals surface area contributed by atoms with E-state index in [-0.39, 0.29) is 23.9 Å².